The number of aromatic nitrogens is 2. The highest BCUT2D eigenvalue weighted by Crippen LogP contribution is 2.38. The van der Waals surface area contributed by atoms with Crippen molar-refractivity contribution in [2.45, 2.75) is 19.4 Å². The van der Waals surface area contributed by atoms with Gasteiger partial charge in [0.15, 0.2) is 0 Å². The standard InChI is InChI=1S/C26H22N4O2/c1-18(31)30-24(21-14-8-9-15-25(21)32)16-23(27-30)22-17-29(20-12-6-3-7-13-20)28-26(22)19-10-4-2-5-11-19/h2-15,17,24,32H,16H2,1H3. The van der Waals surface area contributed by atoms with E-state index in [1.54, 1.807) is 12.1 Å². The number of phenols is 1. The number of phenolic OH excluding ortho intramolecular Hbond substituents is 1. The van der Waals surface area contributed by atoms with Crippen molar-refractivity contribution >= 4 is 11.6 Å². The minimum absolute atomic E-state index is 0.156. The van der Waals surface area contributed by atoms with Gasteiger partial charge in [-0.15, -0.1) is 0 Å². The molecule has 0 saturated carbocycles. The summed E-state index contributed by atoms with van der Waals surface area (Å²) in [5.41, 5.74) is 5.02. The number of nitrogens with zero attached hydrogens (tertiary/aromatic N) is 4. The Kier molecular flexibility index (Phi) is 5.03. The third-order valence-corrected chi connectivity index (χ3v) is 5.62. The Morgan fingerprint density at radius 1 is 0.938 bits per heavy atom. The third-order valence-electron chi connectivity index (χ3n) is 5.62. The maximum atomic E-state index is 12.4. The van der Waals surface area contributed by atoms with Gasteiger partial charge in [-0.1, -0.05) is 66.7 Å². The Balaban J connectivity index is 1.62. The van der Waals surface area contributed by atoms with Gasteiger partial charge in [0.25, 0.3) is 0 Å². The Morgan fingerprint density at radius 2 is 1.59 bits per heavy atom. The maximum Gasteiger partial charge on any atom is 0.240 e. The molecular weight excluding hydrogens is 400 g/mol. The topological polar surface area (TPSA) is 70.7 Å². The van der Waals surface area contributed by atoms with Gasteiger partial charge in [-0.2, -0.15) is 10.2 Å². The number of carbonyl (C=O) groups is 1. The zero-order valence-corrected chi connectivity index (χ0v) is 17.6. The van der Waals surface area contributed by atoms with E-state index in [2.05, 4.69) is 5.10 Å². The first-order chi connectivity index (χ1) is 15.6. The highest BCUT2D eigenvalue weighted by atomic mass is 16.3. The van der Waals surface area contributed by atoms with E-state index in [1.165, 1.54) is 11.9 Å². The van der Waals surface area contributed by atoms with Gasteiger partial charge >= 0.3 is 0 Å². The number of carbonyl (C=O) groups excluding carboxylic acids is 1. The van der Waals surface area contributed by atoms with Crippen molar-refractivity contribution < 1.29 is 9.90 Å². The molecule has 32 heavy (non-hydrogen) atoms. The number of hydrogen-bond acceptors (Lipinski definition) is 4. The molecule has 5 rings (SSSR count). The van der Waals surface area contributed by atoms with Crippen molar-refractivity contribution in [1.29, 1.82) is 0 Å². The molecule has 2 heterocycles. The van der Waals surface area contributed by atoms with Crippen molar-refractivity contribution in [1.82, 2.24) is 14.8 Å². The molecule has 1 N–H and O–H groups in total. The summed E-state index contributed by atoms with van der Waals surface area (Å²) in [4.78, 5) is 12.4. The molecule has 4 aromatic rings. The van der Waals surface area contributed by atoms with Gasteiger partial charge in [0.1, 0.15) is 11.4 Å². The molecule has 3 aromatic carbocycles. The zero-order valence-electron chi connectivity index (χ0n) is 17.6. The molecule has 1 atom stereocenters. The number of rotatable bonds is 4. The van der Waals surface area contributed by atoms with Crippen LogP contribution in [0, 0.1) is 0 Å². The lowest BCUT2D eigenvalue weighted by Crippen LogP contribution is -2.24. The highest BCUT2D eigenvalue weighted by Gasteiger charge is 2.34. The number of amides is 1. The van der Waals surface area contributed by atoms with Crippen LogP contribution in [-0.4, -0.2) is 31.5 Å². The molecule has 0 saturated heterocycles. The van der Waals surface area contributed by atoms with Gasteiger partial charge in [0.05, 0.1) is 17.4 Å². The molecule has 1 unspecified atom stereocenters. The van der Waals surface area contributed by atoms with E-state index >= 15 is 0 Å². The Bertz CT molecular complexity index is 1300. The lowest BCUT2D eigenvalue weighted by molar-refractivity contribution is -0.130. The smallest absolute Gasteiger partial charge is 0.240 e. The van der Waals surface area contributed by atoms with Crippen molar-refractivity contribution in [3.8, 4) is 22.7 Å². The van der Waals surface area contributed by atoms with Crippen molar-refractivity contribution in [3.63, 3.8) is 0 Å². The quantitative estimate of drug-likeness (QED) is 0.506. The Labute approximate surface area is 186 Å². The summed E-state index contributed by atoms with van der Waals surface area (Å²) < 4.78 is 1.84. The summed E-state index contributed by atoms with van der Waals surface area (Å²) in [6.45, 7) is 1.49. The molecule has 1 aromatic heterocycles. The number of hydrogen-bond donors (Lipinski definition) is 1. The van der Waals surface area contributed by atoms with Crippen LogP contribution in [0.25, 0.3) is 16.9 Å². The molecule has 6 heteroatoms. The molecule has 158 valence electrons. The second kappa shape index (κ2) is 8.15. The molecule has 0 bridgehead atoms. The lowest BCUT2D eigenvalue weighted by atomic mass is 9.96. The molecule has 1 aliphatic rings. The monoisotopic (exact) mass is 422 g/mol. The molecule has 0 spiro atoms. The van der Waals surface area contributed by atoms with Gasteiger partial charge in [-0.3, -0.25) is 4.79 Å². The summed E-state index contributed by atoms with van der Waals surface area (Å²) in [6.07, 6.45) is 2.44. The zero-order chi connectivity index (χ0) is 22.1. The fraction of sp³-hybridized carbons (Fsp3) is 0.115. The van der Waals surface area contributed by atoms with E-state index in [1.807, 2.05) is 83.7 Å². The van der Waals surface area contributed by atoms with E-state index in [0.717, 1.165) is 28.2 Å². The normalized spacial score (nSPS) is 15.6. The van der Waals surface area contributed by atoms with E-state index in [4.69, 9.17) is 5.10 Å². The van der Waals surface area contributed by atoms with Crippen LogP contribution >= 0.6 is 0 Å². The summed E-state index contributed by atoms with van der Waals surface area (Å²) in [7, 11) is 0. The molecule has 0 aliphatic carbocycles. The van der Waals surface area contributed by atoms with Crippen LogP contribution < -0.4 is 0 Å². The van der Waals surface area contributed by atoms with Crippen LogP contribution in [0.3, 0.4) is 0 Å². The fourth-order valence-corrected chi connectivity index (χ4v) is 4.08. The summed E-state index contributed by atoms with van der Waals surface area (Å²) in [6, 6.07) is 26.6. The highest BCUT2D eigenvalue weighted by molar-refractivity contribution is 6.07. The minimum Gasteiger partial charge on any atom is -0.508 e. The van der Waals surface area contributed by atoms with Crippen LogP contribution in [-0.2, 0) is 4.79 Å². The molecular formula is C26H22N4O2. The van der Waals surface area contributed by atoms with Crippen LogP contribution in [0.5, 0.6) is 5.75 Å². The van der Waals surface area contributed by atoms with Crippen LogP contribution in [0.1, 0.15) is 30.5 Å². The van der Waals surface area contributed by atoms with Crippen LogP contribution in [0.4, 0.5) is 0 Å². The molecule has 1 amide bonds. The summed E-state index contributed by atoms with van der Waals surface area (Å²) in [5.74, 6) is -0.0200. The maximum absolute atomic E-state index is 12.4. The van der Waals surface area contributed by atoms with Crippen LogP contribution in [0.15, 0.2) is 96.2 Å². The minimum atomic E-state index is -0.368. The first kappa shape index (κ1) is 19.8. The molecule has 0 fully saturated rings. The molecule has 0 radical (unpaired) electrons. The second-order valence-corrected chi connectivity index (χ2v) is 7.73. The Morgan fingerprint density at radius 3 is 2.28 bits per heavy atom. The summed E-state index contributed by atoms with van der Waals surface area (Å²) in [5, 5.41) is 21.4. The second-order valence-electron chi connectivity index (χ2n) is 7.73. The predicted octanol–water partition coefficient (Wildman–Crippen LogP) is 4.94. The van der Waals surface area contributed by atoms with E-state index in [-0.39, 0.29) is 17.7 Å². The average Bonchev–Trinajstić information content (AvgIpc) is 3.46. The van der Waals surface area contributed by atoms with Crippen molar-refractivity contribution in [2.75, 3.05) is 0 Å². The van der Waals surface area contributed by atoms with Gasteiger partial charge < -0.3 is 5.11 Å². The first-order valence-corrected chi connectivity index (χ1v) is 10.5. The number of benzene rings is 3. The molecule has 1 aliphatic heterocycles. The van der Waals surface area contributed by atoms with E-state index in [0.29, 0.717) is 12.0 Å². The number of para-hydroxylation sites is 2. The third kappa shape index (κ3) is 3.56. The van der Waals surface area contributed by atoms with Crippen molar-refractivity contribution in [3.05, 3.63) is 102 Å². The van der Waals surface area contributed by atoms with Crippen molar-refractivity contribution in [2.24, 2.45) is 5.10 Å². The van der Waals surface area contributed by atoms with Gasteiger partial charge in [-0.05, 0) is 18.2 Å². The average molecular weight is 422 g/mol. The lowest BCUT2D eigenvalue weighted by Gasteiger charge is -2.21. The number of hydrazone groups is 1. The van der Waals surface area contributed by atoms with Gasteiger partial charge in [0.2, 0.25) is 5.91 Å². The fourth-order valence-electron chi connectivity index (χ4n) is 4.08. The SMILES string of the molecule is CC(=O)N1N=C(c2cn(-c3ccccc3)nc2-c2ccccc2)CC1c1ccccc1O. The van der Waals surface area contributed by atoms with Gasteiger partial charge in [-0.25, -0.2) is 9.69 Å². The predicted molar refractivity (Wildman–Crippen MR) is 124 cm³/mol. The first-order valence-electron chi connectivity index (χ1n) is 10.5. The summed E-state index contributed by atoms with van der Waals surface area (Å²) >= 11 is 0. The van der Waals surface area contributed by atoms with Crippen LogP contribution in [0.2, 0.25) is 0 Å². The van der Waals surface area contributed by atoms with E-state index < -0.39 is 0 Å². The molecule has 6 nitrogen and oxygen atoms in total. The number of aromatic hydroxyl groups is 1. The Hall–Kier alpha value is -4.19. The largest absolute Gasteiger partial charge is 0.508 e. The van der Waals surface area contributed by atoms with E-state index in [9.17, 15) is 9.90 Å². The van der Waals surface area contributed by atoms with Gasteiger partial charge in [0, 0.05) is 36.2 Å².